The number of halogens is 1. The summed E-state index contributed by atoms with van der Waals surface area (Å²) in [5, 5.41) is 68.4. The normalized spacial score (nSPS) is 38.9. The van der Waals surface area contributed by atoms with Crippen molar-refractivity contribution in [3.8, 4) is 0 Å². The third-order valence-electron chi connectivity index (χ3n) is 17.4. The summed E-state index contributed by atoms with van der Waals surface area (Å²) in [5.74, 6) is -1.98. The summed E-state index contributed by atoms with van der Waals surface area (Å²) in [6, 6.07) is 6.34. The third-order valence-corrected chi connectivity index (χ3v) is 17.4. The molecule has 0 spiro atoms. The summed E-state index contributed by atoms with van der Waals surface area (Å²) in [6.45, 7) is 20.7. The van der Waals surface area contributed by atoms with Gasteiger partial charge in [0.15, 0.2) is 12.6 Å². The third kappa shape index (κ3) is 15.6. The van der Waals surface area contributed by atoms with E-state index in [1.165, 1.54) is 24.3 Å². The Balaban J connectivity index is 1.21. The number of esters is 1. The fourth-order valence-corrected chi connectivity index (χ4v) is 12.0. The number of carbonyl (C=O) groups is 1. The van der Waals surface area contributed by atoms with Crippen LogP contribution in [0.15, 0.2) is 30.5 Å². The molecule has 6 rings (SSSR count). The average Bonchev–Trinajstić information content (AvgIpc) is 3.87. The predicted molar refractivity (Wildman–Crippen MR) is 286 cm³/mol. The maximum Gasteiger partial charge on any atom is 0.311 e. The van der Waals surface area contributed by atoms with Crippen LogP contribution in [0.1, 0.15) is 123 Å². The highest BCUT2D eigenvalue weighted by molar-refractivity contribution is 5.73. The van der Waals surface area contributed by atoms with E-state index in [9.17, 15) is 34.7 Å². The summed E-state index contributed by atoms with van der Waals surface area (Å²) in [7, 11) is 8.94. The van der Waals surface area contributed by atoms with Gasteiger partial charge in [0.05, 0.1) is 47.2 Å². The molecule has 0 unspecified atom stereocenters. The lowest BCUT2D eigenvalue weighted by Crippen LogP contribution is -2.59. The number of cyclic esters (lactones) is 1. The van der Waals surface area contributed by atoms with Crippen LogP contribution in [0.3, 0.4) is 0 Å². The van der Waals surface area contributed by atoms with Gasteiger partial charge in [0.2, 0.25) is 0 Å². The van der Waals surface area contributed by atoms with Gasteiger partial charge in [-0.15, -0.1) is 5.10 Å². The second-order valence-corrected chi connectivity index (χ2v) is 23.8. The highest BCUT2D eigenvalue weighted by Crippen LogP contribution is 2.39. The van der Waals surface area contributed by atoms with E-state index in [0.717, 1.165) is 38.3 Å². The van der Waals surface area contributed by atoms with Gasteiger partial charge in [-0.1, -0.05) is 43.3 Å². The molecule has 2 aromatic rings. The minimum absolute atomic E-state index is 0.0947. The second-order valence-electron chi connectivity index (χ2n) is 23.8. The van der Waals surface area contributed by atoms with E-state index < -0.39 is 121 Å². The first-order valence-electron chi connectivity index (χ1n) is 28.0. The number of likely N-dealkylation sites (N-methyl/N-ethyl adjacent to an activating group) is 3. The van der Waals surface area contributed by atoms with E-state index >= 15 is 0 Å². The van der Waals surface area contributed by atoms with E-state index in [1.54, 1.807) is 54.8 Å². The fourth-order valence-electron chi connectivity index (χ4n) is 12.0. The minimum Gasteiger partial charge on any atom is -0.459 e. The molecule has 1 aromatic heterocycles. The standard InChI is InChI=1S/C56H96FN7O13/c1-15-45-56(9,70)50(66)37(5)62(12)31-34(2)28-54(7,69)46(27-44(36(4)52(68)76-45)75-47-29-55(8,72-14)51(67)38(6)74-47)77-53-48(65)42(26-35(3)73-53)61(11)21-20-41-33-64(59-58-41)43(30-57)49(71-13)40-18-16-39(17-19-40)32-63-24-22-60(10)23-25-63/h16-19,33-38,42-51,53,65-67,69-70H,15,20-32H2,1-14H3/t34-,35-,36-,37-,38+,42+,43-,44+,45-,46-,47+,48-,49-,50-,51+,53+,54-,55-,56-/m1/s1. The molecule has 5 heterocycles. The molecule has 4 saturated heterocycles. The van der Waals surface area contributed by atoms with Gasteiger partial charge in [-0.3, -0.25) is 9.69 Å². The van der Waals surface area contributed by atoms with Crippen molar-refractivity contribution in [1.82, 2.24) is 34.6 Å². The Morgan fingerprint density at radius 2 is 1.60 bits per heavy atom. The average molecular weight is 1090 g/mol. The smallest absolute Gasteiger partial charge is 0.311 e. The molecule has 0 amide bonds. The molecule has 19 atom stereocenters. The van der Waals surface area contributed by atoms with Crippen molar-refractivity contribution in [2.24, 2.45) is 11.8 Å². The van der Waals surface area contributed by atoms with Crippen molar-refractivity contribution in [3.63, 3.8) is 0 Å². The molecule has 0 saturated carbocycles. The number of benzene rings is 1. The zero-order valence-corrected chi connectivity index (χ0v) is 48.5. The van der Waals surface area contributed by atoms with Crippen LogP contribution in [0.25, 0.3) is 0 Å². The number of alkyl halides is 1. The number of ether oxygens (including phenoxy) is 7. The number of rotatable bonds is 17. The van der Waals surface area contributed by atoms with Gasteiger partial charge in [0.1, 0.15) is 48.8 Å². The molecule has 440 valence electrons. The first kappa shape index (κ1) is 63.3. The van der Waals surface area contributed by atoms with Crippen molar-refractivity contribution in [2.45, 2.75) is 210 Å². The van der Waals surface area contributed by atoms with Crippen LogP contribution in [0.4, 0.5) is 4.39 Å². The Bertz CT molecular complexity index is 2120. The van der Waals surface area contributed by atoms with Gasteiger partial charge >= 0.3 is 5.97 Å². The molecule has 4 fully saturated rings. The van der Waals surface area contributed by atoms with Gasteiger partial charge in [-0.25, -0.2) is 9.07 Å². The van der Waals surface area contributed by atoms with E-state index in [0.29, 0.717) is 31.6 Å². The van der Waals surface area contributed by atoms with Crippen molar-refractivity contribution in [2.75, 3.05) is 81.3 Å². The largest absolute Gasteiger partial charge is 0.459 e. The lowest BCUT2D eigenvalue weighted by Gasteiger charge is -2.47. The summed E-state index contributed by atoms with van der Waals surface area (Å²) >= 11 is 0. The van der Waals surface area contributed by atoms with Crippen LogP contribution in [0, 0.1) is 11.8 Å². The van der Waals surface area contributed by atoms with Gasteiger partial charge in [0.25, 0.3) is 0 Å². The van der Waals surface area contributed by atoms with Crippen molar-refractivity contribution < 1.29 is 67.9 Å². The molecule has 20 nitrogen and oxygen atoms in total. The number of aromatic nitrogens is 3. The molecular weight excluding hydrogens is 998 g/mol. The molecule has 5 N–H and O–H groups in total. The highest BCUT2D eigenvalue weighted by Gasteiger charge is 2.51. The van der Waals surface area contributed by atoms with Crippen molar-refractivity contribution >= 4 is 5.97 Å². The van der Waals surface area contributed by atoms with E-state index in [4.69, 9.17) is 33.2 Å². The Morgan fingerprint density at radius 1 is 0.922 bits per heavy atom. The summed E-state index contributed by atoms with van der Waals surface area (Å²) in [5.41, 5.74) is -1.88. The van der Waals surface area contributed by atoms with Gasteiger partial charge in [-0.2, -0.15) is 0 Å². The number of nitrogens with zero attached hydrogens (tertiary/aromatic N) is 7. The van der Waals surface area contributed by atoms with E-state index in [1.807, 2.05) is 49.9 Å². The summed E-state index contributed by atoms with van der Waals surface area (Å²) < 4.78 is 60.4. The number of piperazine rings is 1. The van der Waals surface area contributed by atoms with Crippen molar-refractivity contribution in [1.29, 1.82) is 0 Å². The zero-order chi connectivity index (χ0) is 56.7. The summed E-state index contributed by atoms with van der Waals surface area (Å²) in [6.07, 6.45) is -7.77. The van der Waals surface area contributed by atoms with E-state index in [-0.39, 0.29) is 31.6 Å². The van der Waals surface area contributed by atoms with Gasteiger partial charge in [0, 0.05) is 97.6 Å². The topological polar surface area (TPSA) is 226 Å². The fraction of sp³-hybridized carbons (Fsp3) is 0.839. The van der Waals surface area contributed by atoms with Crippen LogP contribution in [0.2, 0.25) is 0 Å². The predicted octanol–water partition coefficient (Wildman–Crippen LogP) is 3.50. The molecule has 21 heteroatoms. The number of aliphatic hydroxyl groups excluding tert-OH is 3. The van der Waals surface area contributed by atoms with Gasteiger partial charge < -0.3 is 73.4 Å². The minimum atomic E-state index is -1.84. The molecule has 1 aromatic carbocycles. The molecule has 77 heavy (non-hydrogen) atoms. The Kier molecular flexibility index (Phi) is 22.4. The molecule has 0 radical (unpaired) electrons. The molecule has 0 aliphatic carbocycles. The Labute approximate surface area is 457 Å². The number of aliphatic hydroxyl groups is 5. The van der Waals surface area contributed by atoms with Crippen molar-refractivity contribution in [3.05, 3.63) is 47.3 Å². The van der Waals surface area contributed by atoms with Gasteiger partial charge in [-0.05, 0) is 106 Å². The zero-order valence-electron chi connectivity index (χ0n) is 48.5. The first-order chi connectivity index (χ1) is 36.2. The van der Waals surface area contributed by atoms with Crippen LogP contribution in [0.5, 0.6) is 0 Å². The van der Waals surface area contributed by atoms with Crippen LogP contribution in [-0.2, 0) is 50.9 Å². The first-order valence-corrected chi connectivity index (χ1v) is 28.0. The SMILES string of the molecule is CC[C@H]1OC(=O)[C@H](C)[C@@H](O[C@H]2C[C@@](C)(OC)[C@@H](O)[C@H](C)O2)C[C@@H](O[C@@H]2O[C@H](C)C[C@H](N(C)CCc3cn([C@H](CF)[C@H](OC)c4ccc(CN5CCN(C)CC5)cc4)nn3)[C@H]2O)[C@](C)(O)C[C@@H](C)CN(C)[C@H](C)[C@@H](O)[C@]1(C)O. The maximum absolute atomic E-state index is 15.0. The Hall–Kier alpha value is -2.84. The number of methoxy groups -OCH3 is 2. The quantitative estimate of drug-likeness (QED) is 0.143. The molecule has 4 aliphatic heterocycles. The van der Waals surface area contributed by atoms with E-state index in [2.05, 4.69) is 39.3 Å². The van der Waals surface area contributed by atoms with Crippen LogP contribution < -0.4 is 0 Å². The summed E-state index contributed by atoms with van der Waals surface area (Å²) in [4.78, 5) is 23.1. The number of hydrogen-bond acceptors (Lipinski definition) is 19. The highest BCUT2D eigenvalue weighted by atomic mass is 19.1. The maximum atomic E-state index is 15.0. The lowest BCUT2D eigenvalue weighted by molar-refractivity contribution is -0.308. The lowest BCUT2D eigenvalue weighted by atomic mass is 9.83. The molecule has 4 aliphatic rings. The molecular formula is C56H96FN7O13. The van der Waals surface area contributed by atoms with Crippen LogP contribution in [-0.4, -0.2) is 238 Å². The second kappa shape index (κ2) is 27.3. The Morgan fingerprint density at radius 3 is 2.22 bits per heavy atom. The molecule has 0 bridgehead atoms. The number of carbonyl (C=O) groups excluding carboxylic acids is 1. The number of hydrogen-bond donors (Lipinski definition) is 5. The van der Waals surface area contributed by atoms with Crippen LogP contribution >= 0.6 is 0 Å². The monoisotopic (exact) mass is 1090 g/mol.